The van der Waals surface area contributed by atoms with Crippen molar-refractivity contribution in [2.45, 2.75) is 31.5 Å². The maximum Gasteiger partial charge on any atom is 0.128 e. The van der Waals surface area contributed by atoms with Gasteiger partial charge in [0.1, 0.15) is 36.8 Å². The molecule has 2 aliphatic rings. The highest BCUT2D eigenvalue weighted by Crippen LogP contribution is 2.37. The molecule has 3 N–H and O–H groups in total. The van der Waals surface area contributed by atoms with Gasteiger partial charge in [-0.05, 0) is 24.3 Å². The lowest BCUT2D eigenvalue weighted by molar-refractivity contribution is -0.753. The molecule has 0 aliphatic carbocycles. The van der Waals surface area contributed by atoms with E-state index in [4.69, 9.17) is 14.2 Å². The summed E-state index contributed by atoms with van der Waals surface area (Å²) in [7, 11) is 0. The first kappa shape index (κ1) is 18.3. The summed E-state index contributed by atoms with van der Waals surface area (Å²) in [5, 5.41) is 13.2. The summed E-state index contributed by atoms with van der Waals surface area (Å²) < 4.78 is 17.6. The number of benzene rings is 2. The lowest BCUT2D eigenvalue weighted by Crippen LogP contribution is -2.90. The van der Waals surface area contributed by atoms with E-state index in [2.05, 4.69) is 24.4 Å². The Balaban J connectivity index is 1.73. The van der Waals surface area contributed by atoms with E-state index in [1.165, 1.54) is 0 Å². The standard InChI is InChI=1S/C22H27NO4/c1-15-19(24)14-18-16-6-2-4-8-20(16)26-12-10-25-11-13-27-21-9-5-3-7-17(21)22(15)23-18/h2-9,15,18-19,22-24H,10-14H2,1H3/p+1/t15-,18-,19-,22-/m1/s1. The Hall–Kier alpha value is -2.08. The van der Waals surface area contributed by atoms with Crippen LogP contribution in [-0.2, 0) is 4.74 Å². The van der Waals surface area contributed by atoms with Crippen LogP contribution in [-0.4, -0.2) is 37.6 Å². The van der Waals surface area contributed by atoms with Gasteiger partial charge in [-0.25, -0.2) is 0 Å². The molecule has 0 radical (unpaired) electrons. The van der Waals surface area contributed by atoms with Crippen molar-refractivity contribution >= 4 is 0 Å². The Labute approximate surface area is 160 Å². The second-order valence-corrected chi connectivity index (χ2v) is 7.37. The lowest BCUT2D eigenvalue weighted by atomic mass is 9.80. The maximum absolute atomic E-state index is 10.8. The van der Waals surface area contributed by atoms with Gasteiger partial charge in [-0.2, -0.15) is 0 Å². The second kappa shape index (κ2) is 8.30. The van der Waals surface area contributed by atoms with Crippen LogP contribution in [0, 0.1) is 5.92 Å². The Bertz CT molecular complexity index is 765. The van der Waals surface area contributed by atoms with E-state index in [9.17, 15) is 5.11 Å². The van der Waals surface area contributed by atoms with Crippen LogP contribution in [0.5, 0.6) is 11.5 Å². The number of nitrogens with two attached hydrogens (primary N) is 1. The molecule has 0 amide bonds. The number of ether oxygens (including phenoxy) is 3. The molecule has 1 saturated heterocycles. The molecule has 0 spiro atoms. The van der Waals surface area contributed by atoms with Crippen LogP contribution in [0.25, 0.3) is 0 Å². The Morgan fingerprint density at radius 1 is 0.852 bits per heavy atom. The predicted octanol–water partition coefficient (Wildman–Crippen LogP) is 2.22. The van der Waals surface area contributed by atoms with Crippen LogP contribution in [0.1, 0.15) is 36.6 Å². The summed E-state index contributed by atoms with van der Waals surface area (Å²) in [6.45, 7) is 4.17. The highest BCUT2D eigenvalue weighted by molar-refractivity contribution is 5.37. The maximum atomic E-state index is 10.8. The van der Waals surface area contributed by atoms with Crippen molar-refractivity contribution in [2.75, 3.05) is 26.4 Å². The highest BCUT2D eigenvalue weighted by Gasteiger charge is 2.40. The largest absolute Gasteiger partial charge is 0.491 e. The number of para-hydroxylation sites is 2. The van der Waals surface area contributed by atoms with Crippen molar-refractivity contribution in [1.82, 2.24) is 0 Å². The number of rotatable bonds is 0. The van der Waals surface area contributed by atoms with Gasteiger partial charge in [0.25, 0.3) is 0 Å². The number of quaternary nitrogens is 1. The van der Waals surface area contributed by atoms with E-state index in [-0.39, 0.29) is 24.1 Å². The number of hydrogen-bond donors (Lipinski definition) is 2. The molecule has 2 bridgehead atoms. The van der Waals surface area contributed by atoms with Gasteiger partial charge in [-0.1, -0.05) is 31.2 Å². The average Bonchev–Trinajstić information content (AvgIpc) is 2.69. The lowest BCUT2D eigenvalue weighted by Gasteiger charge is -2.37. The molecule has 27 heavy (non-hydrogen) atoms. The summed E-state index contributed by atoms with van der Waals surface area (Å²) in [6.07, 6.45) is 0.333. The van der Waals surface area contributed by atoms with E-state index in [1.54, 1.807) is 0 Å². The van der Waals surface area contributed by atoms with E-state index in [0.29, 0.717) is 32.8 Å². The van der Waals surface area contributed by atoms with Crippen molar-refractivity contribution in [3.63, 3.8) is 0 Å². The summed E-state index contributed by atoms with van der Waals surface area (Å²) in [4.78, 5) is 0. The fraction of sp³-hybridized carbons (Fsp3) is 0.455. The fourth-order valence-electron chi connectivity index (χ4n) is 4.16. The zero-order valence-electron chi connectivity index (χ0n) is 15.7. The van der Waals surface area contributed by atoms with Crippen molar-refractivity contribution in [1.29, 1.82) is 0 Å². The van der Waals surface area contributed by atoms with Gasteiger partial charge in [0, 0.05) is 12.3 Å². The van der Waals surface area contributed by atoms with Crippen LogP contribution < -0.4 is 14.8 Å². The first-order valence-corrected chi connectivity index (χ1v) is 9.78. The van der Waals surface area contributed by atoms with Crippen molar-refractivity contribution < 1.29 is 24.6 Å². The van der Waals surface area contributed by atoms with Crippen molar-refractivity contribution in [3.05, 3.63) is 59.7 Å². The molecule has 5 heteroatoms. The van der Waals surface area contributed by atoms with Gasteiger partial charge in [0.05, 0.1) is 30.4 Å². The van der Waals surface area contributed by atoms with Gasteiger partial charge in [-0.3, -0.25) is 0 Å². The van der Waals surface area contributed by atoms with Gasteiger partial charge >= 0.3 is 0 Å². The summed E-state index contributed by atoms with van der Waals surface area (Å²) in [5.41, 5.74) is 2.26. The topological polar surface area (TPSA) is 64.5 Å². The SMILES string of the molecule is C[C@@H]1[C@H](O)C[C@H]2[NH2+][C@H]1c1ccccc1OCCOCCOc1ccccc12. The fourth-order valence-corrected chi connectivity index (χ4v) is 4.16. The molecule has 2 aliphatic heterocycles. The van der Waals surface area contributed by atoms with Crippen molar-refractivity contribution in [3.8, 4) is 11.5 Å². The van der Waals surface area contributed by atoms with Gasteiger partial charge in [-0.15, -0.1) is 0 Å². The summed E-state index contributed by atoms with van der Waals surface area (Å²) in [6, 6.07) is 16.5. The van der Waals surface area contributed by atoms with Gasteiger partial charge in [0.2, 0.25) is 0 Å². The molecule has 5 nitrogen and oxygen atoms in total. The third-order valence-electron chi connectivity index (χ3n) is 5.68. The molecule has 2 heterocycles. The smallest absolute Gasteiger partial charge is 0.128 e. The average molecular weight is 370 g/mol. The van der Waals surface area contributed by atoms with E-state index in [1.807, 2.05) is 36.4 Å². The molecule has 2 aromatic rings. The minimum Gasteiger partial charge on any atom is -0.491 e. The number of aliphatic hydroxyl groups excluding tert-OH is 1. The quantitative estimate of drug-likeness (QED) is 0.746. The van der Waals surface area contributed by atoms with Crippen LogP contribution in [0.3, 0.4) is 0 Å². The zero-order valence-corrected chi connectivity index (χ0v) is 15.7. The van der Waals surface area contributed by atoms with E-state index in [0.717, 1.165) is 22.6 Å². The number of fused-ring (bicyclic) bond motifs is 6. The summed E-state index contributed by atoms with van der Waals surface area (Å²) in [5.74, 6) is 1.89. The molecule has 0 saturated carbocycles. The molecular formula is C22H28NO4+. The number of aliphatic hydroxyl groups is 1. The third-order valence-corrected chi connectivity index (χ3v) is 5.68. The first-order chi connectivity index (χ1) is 13.2. The van der Waals surface area contributed by atoms with E-state index >= 15 is 0 Å². The number of piperidine rings is 1. The Kier molecular flexibility index (Phi) is 5.62. The monoisotopic (exact) mass is 370 g/mol. The first-order valence-electron chi connectivity index (χ1n) is 9.78. The van der Waals surface area contributed by atoms with Crippen LogP contribution in [0.2, 0.25) is 0 Å². The molecule has 0 aromatic heterocycles. The summed E-state index contributed by atoms with van der Waals surface area (Å²) >= 11 is 0. The van der Waals surface area contributed by atoms with Crippen LogP contribution >= 0.6 is 0 Å². The molecule has 0 unspecified atom stereocenters. The highest BCUT2D eigenvalue weighted by atomic mass is 16.5. The van der Waals surface area contributed by atoms with E-state index < -0.39 is 0 Å². The zero-order chi connectivity index (χ0) is 18.6. The number of hydrogen-bond acceptors (Lipinski definition) is 4. The van der Waals surface area contributed by atoms with Gasteiger partial charge < -0.3 is 24.6 Å². The molecule has 4 atom stereocenters. The van der Waals surface area contributed by atoms with Crippen molar-refractivity contribution in [2.24, 2.45) is 5.92 Å². The molecule has 4 rings (SSSR count). The van der Waals surface area contributed by atoms with Crippen LogP contribution in [0.4, 0.5) is 0 Å². The molecule has 144 valence electrons. The molecule has 2 aromatic carbocycles. The normalized spacial score (nSPS) is 28.7. The van der Waals surface area contributed by atoms with Crippen LogP contribution in [0.15, 0.2) is 48.5 Å². The minimum atomic E-state index is -0.373. The predicted molar refractivity (Wildman–Crippen MR) is 102 cm³/mol. The minimum absolute atomic E-state index is 0.117. The molecule has 1 fully saturated rings. The Morgan fingerprint density at radius 3 is 2.15 bits per heavy atom. The second-order valence-electron chi connectivity index (χ2n) is 7.37. The molecular weight excluding hydrogens is 342 g/mol. The third kappa shape index (κ3) is 3.95. The van der Waals surface area contributed by atoms with Gasteiger partial charge in [0.15, 0.2) is 0 Å². The Morgan fingerprint density at radius 2 is 1.44 bits per heavy atom.